The first-order valence-electron chi connectivity index (χ1n) is 7.24. The molecule has 3 heteroatoms. The van der Waals surface area contributed by atoms with Gasteiger partial charge in [-0.25, -0.2) is 0 Å². The van der Waals surface area contributed by atoms with Gasteiger partial charge in [0.15, 0.2) is 0 Å². The predicted octanol–water partition coefficient (Wildman–Crippen LogP) is 3.81. The third-order valence-corrected chi connectivity index (χ3v) is 3.74. The summed E-state index contributed by atoms with van der Waals surface area (Å²) in [4.78, 5) is 9.76. The minimum atomic E-state index is -0.693. The zero-order valence-electron chi connectivity index (χ0n) is 12.5. The smallest absolute Gasteiger partial charge is 0.303 e. The van der Waals surface area contributed by atoms with Crippen LogP contribution in [0.3, 0.4) is 0 Å². The minimum absolute atomic E-state index is 0.316. The van der Waals surface area contributed by atoms with Gasteiger partial charge in [0.25, 0.3) is 0 Å². The molecule has 0 aromatic rings. The van der Waals surface area contributed by atoms with Crippen LogP contribution in [0.15, 0.2) is 0 Å². The van der Waals surface area contributed by atoms with Gasteiger partial charge in [-0.15, -0.1) is 0 Å². The molecule has 0 bridgehead atoms. The van der Waals surface area contributed by atoms with Crippen molar-refractivity contribution < 1.29 is 9.90 Å². The summed E-state index contributed by atoms with van der Waals surface area (Å²) < 4.78 is 0. The van der Waals surface area contributed by atoms with E-state index in [1.165, 1.54) is 25.7 Å². The van der Waals surface area contributed by atoms with Crippen LogP contribution in [0.5, 0.6) is 0 Å². The molecule has 1 aliphatic rings. The first kappa shape index (κ1) is 17.4. The van der Waals surface area contributed by atoms with Gasteiger partial charge in [-0.05, 0) is 43.4 Å². The maximum atomic E-state index is 9.76. The number of aliphatic carboxylic acids is 1. The van der Waals surface area contributed by atoms with E-state index < -0.39 is 5.97 Å². The number of hydrogen-bond donors (Lipinski definition) is 2. The molecule has 0 aromatic carbocycles. The zero-order chi connectivity index (χ0) is 14.2. The molecule has 0 aromatic heterocycles. The van der Waals surface area contributed by atoms with E-state index in [4.69, 9.17) is 10.8 Å². The number of nitrogens with two attached hydrogens (primary N) is 1. The molecule has 3 N–H and O–H groups in total. The van der Waals surface area contributed by atoms with E-state index in [1.54, 1.807) is 0 Å². The monoisotopic (exact) mass is 257 g/mol. The average Bonchev–Trinajstić information content (AvgIpc) is 2.26. The van der Waals surface area contributed by atoms with Crippen LogP contribution in [0.4, 0.5) is 0 Å². The Labute approximate surface area is 112 Å². The Morgan fingerprint density at radius 3 is 2.00 bits per heavy atom. The summed E-state index contributed by atoms with van der Waals surface area (Å²) in [6.45, 7) is 9.00. The third kappa shape index (κ3) is 8.51. The lowest BCUT2D eigenvalue weighted by molar-refractivity contribution is -0.137. The molecule has 0 spiro atoms. The number of unbranched alkanes of at least 4 members (excludes halogenated alkanes) is 1. The number of carbonyl (C=O) groups is 1. The van der Waals surface area contributed by atoms with Gasteiger partial charge in [-0.3, -0.25) is 4.79 Å². The molecule has 1 fully saturated rings. The molecule has 0 heterocycles. The summed E-state index contributed by atoms with van der Waals surface area (Å²) in [5, 5.41) is 8.04. The van der Waals surface area contributed by atoms with E-state index in [9.17, 15) is 4.79 Å². The van der Waals surface area contributed by atoms with Crippen molar-refractivity contribution in [3.63, 3.8) is 0 Å². The molecule has 0 unspecified atom stereocenters. The minimum Gasteiger partial charge on any atom is -0.481 e. The first-order valence-corrected chi connectivity index (χ1v) is 7.24. The summed E-state index contributed by atoms with van der Waals surface area (Å²) in [7, 11) is 0. The highest BCUT2D eigenvalue weighted by Crippen LogP contribution is 2.37. The summed E-state index contributed by atoms with van der Waals surface area (Å²) in [6, 6.07) is 0.494. The van der Waals surface area contributed by atoms with E-state index in [2.05, 4.69) is 20.8 Å². The SMILES string of the molecule is CC(C)(C)C1CCC(N)CC1.CCCCC(=O)O. The van der Waals surface area contributed by atoms with E-state index in [-0.39, 0.29) is 0 Å². The second-order valence-electron chi connectivity index (χ2n) is 6.48. The van der Waals surface area contributed by atoms with E-state index in [0.29, 0.717) is 17.9 Å². The molecule has 18 heavy (non-hydrogen) atoms. The number of rotatable bonds is 3. The molecule has 0 aliphatic heterocycles. The predicted molar refractivity (Wildman–Crippen MR) is 76.5 cm³/mol. The van der Waals surface area contributed by atoms with Crippen LogP contribution in [-0.2, 0) is 4.79 Å². The highest BCUT2D eigenvalue weighted by molar-refractivity contribution is 5.66. The van der Waals surface area contributed by atoms with Gasteiger partial charge in [0.05, 0.1) is 0 Å². The summed E-state index contributed by atoms with van der Waals surface area (Å²) in [5.41, 5.74) is 6.34. The van der Waals surface area contributed by atoms with Crippen molar-refractivity contribution in [1.29, 1.82) is 0 Å². The topological polar surface area (TPSA) is 63.3 Å². The van der Waals surface area contributed by atoms with Gasteiger partial charge in [-0.2, -0.15) is 0 Å². The molecule has 0 amide bonds. The maximum absolute atomic E-state index is 9.76. The van der Waals surface area contributed by atoms with Crippen molar-refractivity contribution >= 4 is 5.97 Å². The van der Waals surface area contributed by atoms with Crippen LogP contribution in [0.1, 0.15) is 72.6 Å². The Bertz CT molecular complexity index is 225. The molecular formula is C15H31NO2. The lowest BCUT2D eigenvalue weighted by Crippen LogP contribution is -2.31. The van der Waals surface area contributed by atoms with Crippen molar-refractivity contribution in [3.8, 4) is 0 Å². The van der Waals surface area contributed by atoms with Gasteiger partial charge in [0, 0.05) is 12.5 Å². The van der Waals surface area contributed by atoms with Crippen LogP contribution in [-0.4, -0.2) is 17.1 Å². The molecule has 3 nitrogen and oxygen atoms in total. The van der Waals surface area contributed by atoms with Crippen molar-refractivity contribution in [1.82, 2.24) is 0 Å². The van der Waals surface area contributed by atoms with E-state index in [1.807, 2.05) is 6.92 Å². The molecule has 0 atom stereocenters. The van der Waals surface area contributed by atoms with Gasteiger partial charge in [-0.1, -0.05) is 34.1 Å². The normalized spacial score (nSPS) is 24.1. The highest BCUT2D eigenvalue weighted by Gasteiger charge is 2.28. The number of carboxylic acid groups (broad SMARTS) is 1. The summed E-state index contributed by atoms with van der Waals surface area (Å²) in [6.07, 6.45) is 7.23. The van der Waals surface area contributed by atoms with E-state index in [0.717, 1.165) is 18.8 Å². The second-order valence-corrected chi connectivity index (χ2v) is 6.48. The van der Waals surface area contributed by atoms with Crippen molar-refractivity contribution in [2.24, 2.45) is 17.1 Å². The molecule has 1 saturated carbocycles. The highest BCUT2D eigenvalue weighted by atomic mass is 16.4. The third-order valence-electron chi connectivity index (χ3n) is 3.74. The summed E-state index contributed by atoms with van der Waals surface area (Å²) in [5.74, 6) is 0.212. The largest absolute Gasteiger partial charge is 0.481 e. The fraction of sp³-hybridized carbons (Fsp3) is 0.933. The van der Waals surface area contributed by atoms with Crippen LogP contribution in [0.2, 0.25) is 0 Å². The van der Waals surface area contributed by atoms with Crippen molar-refractivity contribution in [2.45, 2.75) is 78.7 Å². The standard InChI is InChI=1S/C10H21N.C5H10O2/c1-10(2,3)8-4-6-9(11)7-5-8;1-2-3-4-5(6)7/h8-9H,4-7,11H2,1-3H3;2-4H2,1H3,(H,6,7). The molecule has 1 rings (SSSR count). The lowest BCUT2D eigenvalue weighted by atomic mass is 9.71. The zero-order valence-corrected chi connectivity index (χ0v) is 12.5. The first-order chi connectivity index (χ1) is 8.27. The number of carboxylic acids is 1. The quantitative estimate of drug-likeness (QED) is 0.808. The lowest BCUT2D eigenvalue weighted by Gasteiger charge is -2.35. The Kier molecular flexibility index (Phi) is 8.25. The van der Waals surface area contributed by atoms with Crippen LogP contribution >= 0.6 is 0 Å². The number of hydrogen-bond acceptors (Lipinski definition) is 2. The second kappa shape index (κ2) is 8.52. The maximum Gasteiger partial charge on any atom is 0.303 e. The Balaban J connectivity index is 0.000000360. The Morgan fingerprint density at radius 2 is 1.72 bits per heavy atom. The molecule has 0 saturated heterocycles. The van der Waals surface area contributed by atoms with Crippen molar-refractivity contribution in [2.75, 3.05) is 0 Å². The molecule has 1 aliphatic carbocycles. The Hall–Kier alpha value is -0.570. The summed E-state index contributed by atoms with van der Waals surface area (Å²) >= 11 is 0. The van der Waals surface area contributed by atoms with Crippen LogP contribution < -0.4 is 5.73 Å². The van der Waals surface area contributed by atoms with Gasteiger partial charge in [0.2, 0.25) is 0 Å². The fourth-order valence-corrected chi connectivity index (χ4v) is 2.31. The van der Waals surface area contributed by atoms with Crippen molar-refractivity contribution in [3.05, 3.63) is 0 Å². The molecular weight excluding hydrogens is 226 g/mol. The van der Waals surface area contributed by atoms with Gasteiger partial charge >= 0.3 is 5.97 Å². The average molecular weight is 257 g/mol. The van der Waals surface area contributed by atoms with Crippen LogP contribution in [0, 0.1) is 11.3 Å². The van der Waals surface area contributed by atoms with Crippen LogP contribution in [0.25, 0.3) is 0 Å². The Morgan fingerprint density at radius 1 is 1.22 bits per heavy atom. The molecule has 0 radical (unpaired) electrons. The fourth-order valence-electron chi connectivity index (χ4n) is 2.31. The van der Waals surface area contributed by atoms with Gasteiger partial charge in [0.1, 0.15) is 0 Å². The molecule has 108 valence electrons. The van der Waals surface area contributed by atoms with Gasteiger partial charge < -0.3 is 10.8 Å². The van der Waals surface area contributed by atoms with E-state index >= 15 is 0 Å².